The van der Waals surface area contributed by atoms with Gasteiger partial charge in [0.15, 0.2) is 40.8 Å². The molecule has 8 atom stereocenters. The topological polar surface area (TPSA) is 249 Å². The van der Waals surface area contributed by atoms with Crippen molar-refractivity contribution in [3.05, 3.63) is 40.6 Å². The van der Waals surface area contributed by atoms with Gasteiger partial charge in [-0.2, -0.15) is 0 Å². The molecular formula is C25H26O15. The molecule has 0 saturated carbocycles. The van der Waals surface area contributed by atoms with Gasteiger partial charge in [-0.05, 0) is 18.2 Å². The lowest BCUT2D eigenvalue weighted by molar-refractivity contribution is -0.332. The molecule has 0 amide bonds. The zero-order valence-corrected chi connectivity index (χ0v) is 20.4. The molecule has 2 aliphatic heterocycles. The number of fused-ring (bicyclic) bond motifs is 1. The molecule has 2 aliphatic rings. The molecule has 40 heavy (non-hydrogen) atoms. The third-order valence-corrected chi connectivity index (χ3v) is 6.61. The number of aliphatic hydroxyl groups is 5. The Morgan fingerprint density at radius 2 is 1.43 bits per heavy atom. The van der Waals surface area contributed by atoms with Crippen LogP contribution in [0.1, 0.15) is 0 Å². The third-order valence-electron chi connectivity index (χ3n) is 6.61. The molecule has 0 unspecified atom stereocenters. The molecule has 1 aromatic heterocycles. The first kappa shape index (κ1) is 27.9. The molecular weight excluding hydrogens is 540 g/mol. The second-order valence-corrected chi connectivity index (χ2v) is 9.35. The first-order valence-electron chi connectivity index (χ1n) is 12.0. The third kappa shape index (κ3) is 5.00. The summed E-state index contributed by atoms with van der Waals surface area (Å²) >= 11 is 0. The number of hydrogen-bond donors (Lipinski definition) is 9. The summed E-state index contributed by atoms with van der Waals surface area (Å²) < 4.78 is 27.5. The van der Waals surface area contributed by atoms with Gasteiger partial charge in [0.2, 0.25) is 12.0 Å². The van der Waals surface area contributed by atoms with Gasteiger partial charge in [-0.1, -0.05) is 0 Å². The van der Waals surface area contributed by atoms with Gasteiger partial charge in [0.05, 0.1) is 13.2 Å². The fourth-order valence-electron chi connectivity index (χ4n) is 4.37. The van der Waals surface area contributed by atoms with E-state index >= 15 is 0 Å². The van der Waals surface area contributed by atoms with E-state index < -0.39 is 102 Å². The molecule has 0 radical (unpaired) electrons. The highest BCUT2D eigenvalue weighted by atomic mass is 16.7. The van der Waals surface area contributed by atoms with Crippen LogP contribution in [0.3, 0.4) is 0 Å². The molecule has 15 heteroatoms. The van der Waals surface area contributed by atoms with E-state index in [2.05, 4.69) is 0 Å². The van der Waals surface area contributed by atoms with Crippen molar-refractivity contribution in [2.45, 2.75) is 49.2 Å². The van der Waals surface area contributed by atoms with Gasteiger partial charge in [-0.25, -0.2) is 0 Å². The van der Waals surface area contributed by atoms with Crippen molar-refractivity contribution in [2.24, 2.45) is 0 Å². The molecule has 5 rings (SSSR count). The zero-order chi connectivity index (χ0) is 28.9. The maximum absolute atomic E-state index is 12.8. The summed E-state index contributed by atoms with van der Waals surface area (Å²) in [4.78, 5) is 12.8. The van der Waals surface area contributed by atoms with Crippen molar-refractivity contribution in [3.63, 3.8) is 0 Å². The van der Waals surface area contributed by atoms with E-state index in [0.29, 0.717) is 0 Å². The van der Waals surface area contributed by atoms with Gasteiger partial charge >= 0.3 is 0 Å². The summed E-state index contributed by atoms with van der Waals surface area (Å²) in [6.07, 6.45) is -12.7. The van der Waals surface area contributed by atoms with Crippen LogP contribution in [-0.4, -0.2) is 108 Å². The highest BCUT2D eigenvalue weighted by Gasteiger charge is 2.47. The molecule has 2 fully saturated rings. The Morgan fingerprint density at radius 3 is 2.12 bits per heavy atom. The molecule has 2 aromatic carbocycles. The van der Waals surface area contributed by atoms with Gasteiger partial charge in [-0.3, -0.25) is 4.79 Å². The van der Waals surface area contributed by atoms with Crippen molar-refractivity contribution < 1.29 is 69.3 Å². The summed E-state index contributed by atoms with van der Waals surface area (Å²) in [6, 6.07) is 5.71. The molecule has 0 aliphatic carbocycles. The van der Waals surface area contributed by atoms with Gasteiger partial charge in [0.1, 0.15) is 47.2 Å². The van der Waals surface area contributed by atoms with Gasteiger partial charge < -0.3 is 69.3 Å². The maximum Gasteiger partial charge on any atom is 0.229 e. The Hall–Kier alpha value is -3.67. The van der Waals surface area contributed by atoms with E-state index in [-0.39, 0.29) is 16.9 Å². The van der Waals surface area contributed by atoms with Crippen LogP contribution in [0, 0.1) is 0 Å². The second kappa shape index (κ2) is 10.7. The summed E-state index contributed by atoms with van der Waals surface area (Å²) in [7, 11) is 0. The highest BCUT2D eigenvalue weighted by Crippen LogP contribution is 2.43. The standard InChI is InChI=1S/C25H26O15/c26-9-2-1-8(3-10(9)27)14-4-11(28)17-15(38-14)5-16(20(33)21(17)34)39-25-23(19(32)13(30)7-37-25)40-24-22(35)18(31)12(29)6-36-24/h1-5,12-13,18-19,22-27,29-35H,6-7H2/t12-,13-,18+,19+,22-,23-,24+,25+/m1/s1. The normalized spacial score (nSPS) is 30.8. The van der Waals surface area contributed by atoms with Crippen LogP contribution in [0.15, 0.2) is 39.5 Å². The van der Waals surface area contributed by atoms with Crippen molar-refractivity contribution in [3.8, 4) is 40.1 Å². The molecule has 3 aromatic rings. The predicted octanol–water partition coefficient (Wildman–Crippen LogP) is -1.44. The summed E-state index contributed by atoms with van der Waals surface area (Å²) in [5.41, 5.74) is -0.831. The smallest absolute Gasteiger partial charge is 0.229 e. The number of benzene rings is 2. The molecule has 2 saturated heterocycles. The van der Waals surface area contributed by atoms with Crippen LogP contribution < -0.4 is 10.2 Å². The number of hydrogen-bond acceptors (Lipinski definition) is 15. The molecule has 216 valence electrons. The molecule has 0 bridgehead atoms. The van der Waals surface area contributed by atoms with Gasteiger partial charge in [0, 0.05) is 17.7 Å². The van der Waals surface area contributed by atoms with Crippen molar-refractivity contribution >= 4 is 11.0 Å². The number of phenols is 4. The monoisotopic (exact) mass is 566 g/mol. The summed E-state index contributed by atoms with van der Waals surface area (Å²) in [6.45, 7) is -0.870. The number of rotatable bonds is 5. The Kier molecular flexibility index (Phi) is 7.47. The summed E-state index contributed by atoms with van der Waals surface area (Å²) in [5.74, 6) is -3.25. The maximum atomic E-state index is 12.8. The lowest BCUT2D eigenvalue weighted by Gasteiger charge is -2.42. The van der Waals surface area contributed by atoms with Crippen LogP contribution in [-0.2, 0) is 14.2 Å². The fourth-order valence-corrected chi connectivity index (χ4v) is 4.37. The van der Waals surface area contributed by atoms with E-state index in [4.69, 9.17) is 23.4 Å². The Morgan fingerprint density at radius 1 is 0.750 bits per heavy atom. The molecule has 0 spiro atoms. The van der Waals surface area contributed by atoms with Gasteiger partial charge in [0.25, 0.3) is 0 Å². The largest absolute Gasteiger partial charge is 0.504 e. The van der Waals surface area contributed by atoms with E-state index in [9.17, 15) is 50.8 Å². The minimum atomic E-state index is -1.75. The average Bonchev–Trinajstić information content (AvgIpc) is 2.92. The zero-order valence-electron chi connectivity index (χ0n) is 20.4. The lowest BCUT2D eigenvalue weighted by Crippen LogP contribution is -2.61. The minimum Gasteiger partial charge on any atom is -0.504 e. The minimum absolute atomic E-state index is 0.0679. The number of ether oxygens (including phenoxy) is 4. The van der Waals surface area contributed by atoms with Crippen LogP contribution in [0.25, 0.3) is 22.3 Å². The SMILES string of the molecule is O=c1cc(-c2ccc(O)c(O)c2)oc2cc(O[C@@H]3OC[C@@H](O)[C@H](O)[C@H]3O[C@@H]3OC[C@@H](O)[C@H](O)[C@H]3O)c(O)c(O)c12. The van der Waals surface area contributed by atoms with Crippen LogP contribution in [0.2, 0.25) is 0 Å². The van der Waals surface area contributed by atoms with Crippen molar-refractivity contribution in [1.82, 2.24) is 0 Å². The van der Waals surface area contributed by atoms with Crippen LogP contribution >= 0.6 is 0 Å². The first-order valence-corrected chi connectivity index (χ1v) is 12.0. The first-order chi connectivity index (χ1) is 19.0. The van der Waals surface area contributed by atoms with Crippen LogP contribution in [0.4, 0.5) is 0 Å². The molecule has 9 N–H and O–H groups in total. The van der Waals surface area contributed by atoms with Gasteiger partial charge in [-0.15, -0.1) is 0 Å². The second-order valence-electron chi connectivity index (χ2n) is 9.35. The lowest BCUT2D eigenvalue weighted by atomic mass is 10.0. The Labute approximate surface area is 223 Å². The number of phenolic OH excluding ortho intramolecular Hbond substituents is 4. The van der Waals surface area contributed by atoms with Crippen LogP contribution in [0.5, 0.6) is 28.7 Å². The molecule has 15 nitrogen and oxygen atoms in total. The summed E-state index contributed by atoms with van der Waals surface area (Å²) in [5, 5.41) is 90.6. The number of aromatic hydroxyl groups is 4. The highest BCUT2D eigenvalue weighted by molar-refractivity contribution is 5.89. The Balaban J connectivity index is 1.48. The Bertz CT molecular complexity index is 1450. The predicted molar refractivity (Wildman–Crippen MR) is 130 cm³/mol. The average molecular weight is 566 g/mol. The van der Waals surface area contributed by atoms with E-state index in [1.807, 2.05) is 0 Å². The molecule has 3 heterocycles. The van der Waals surface area contributed by atoms with Crippen molar-refractivity contribution in [1.29, 1.82) is 0 Å². The fraction of sp³-hybridized carbons (Fsp3) is 0.400. The quantitative estimate of drug-likeness (QED) is 0.160. The van der Waals surface area contributed by atoms with E-state index in [1.165, 1.54) is 12.1 Å². The van der Waals surface area contributed by atoms with E-state index in [1.54, 1.807) is 0 Å². The number of aliphatic hydroxyl groups excluding tert-OH is 5. The van der Waals surface area contributed by atoms with Crippen molar-refractivity contribution in [2.75, 3.05) is 13.2 Å². The van der Waals surface area contributed by atoms with E-state index in [0.717, 1.165) is 18.2 Å².